The van der Waals surface area contributed by atoms with E-state index >= 15 is 0 Å². The number of carbonyl (C=O) groups excluding carboxylic acids is 1. The van der Waals surface area contributed by atoms with Gasteiger partial charge in [0.15, 0.2) is 20.5 Å². The highest BCUT2D eigenvalue weighted by Gasteiger charge is 2.43. The minimum absolute atomic E-state index is 0.123. The fraction of sp³-hybridized carbons (Fsp3) is 0.350. The highest BCUT2D eigenvalue weighted by atomic mass is 28.4. The molecule has 0 amide bonds. The zero-order valence-corrected chi connectivity index (χ0v) is 16.7. The number of ketones is 1. The maximum Gasteiger partial charge on any atom is 0.202 e. The Hall–Kier alpha value is -2.31. The van der Waals surface area contributed by atoms with Crippen LogP contribution in [0.1, 0.15) is 22.0 Å². The summed E-state index contributed by atoms with van der Waals surface area (Å²) in [7, 11) is 1.10. The SMILES string of the molecule is COc1cc(OC)c2c(c1)OC(c1ccccc1)C(O[Si](C)(C)C)C2=O. The van der Waals surface area contributed by atoms with Crippen LogP contribution in [0.2, 0.25) is 19.6 Å². The van der Waals surface area contributed by atoms with Crippen molar-refractivity contribution in [3.05, 3.63) is 53.6 Å². The number of ether oxygens (including phenoxy) is 3. The number of rotatable bonds is 5. The maximum absolute atomic E-state index is 13.4. The topological polar surface area (TPSA) is 54.0 Å². The number of methoxy groups -OCH3 is 2. The Morgan fingerprint density at radius 2 is 1.69 bits per heavy atom. The van der Waals surface area contributed by atoms with Crippen molar-refractivity contribution in [2.75, 3.05) is 14.2 Å². The van der Waals surface area contributed by atoms with Gasteiger partial charge in [-0.3, -0.25) is 4.79 Å². The highest BCUT2D eigenvalue weighted by molar-refractivity contribution is 6.70. The van der Waals surface area contributed by atoms with Gasteiger partial charge in [-0.15, -0.1) is 0 Å². The molecule has 3 rings (SSSR count). The van der Waals surface area contributed by atoms with Crippen molar-refractivity contribution in [1.82, 2.24) is 0 Å². The van der Waals surface area contributed by atoms with Crippen molar-refractivity contribution < 1.29 is 23.4 Å². The van der Waals surface area contributed by atoms with Crippen LogP contribution in [0.5, 0.6) is 17.2 Å². The van der Waals surface area contributed by atoms with E-state index in [1.807, 2.05) is 30.3 Å². The van der Waals surface area contributed by atoms with Crippen LogP contribution in [0, 0.1) is 0 Å². The summed E-state index contributed by atoms with van der Waals surface area (Å²) in [6.45, 7) is 6.18. The zero-order valence-electron chi connectivity index (χ0n) is 15.7. The van der Waals surface area contributed by atoms with E-state index in [2.05, 4.69) is 19.6 Å². The first-order valence-electron chi connectivity index (χ1n) is 8.53. The first kappa shape index (κ1) is 18.5. The molecular formula is C20H24O5Si. The van der Waals surface area contributed by atoms with Gasteiger partial charge in [-0.2, -0.15) is 0 Å². The number of Topliss-reactive ketones (excluding diaryl/α,β-unsaturated/α-hetero) is 1. The largest absolute Gasteiger partial charge is 0.496 e. The third-order valence-electron chi connectivity index (χ3n) is 4.14. The Bertz CT molecular complexity index is 798. The summed E-state index contributed by atoms with van der Waals surface area (Å²) in [6.07, 6.45) is -1.22. The van der Waals surface area contributed by atoms with E-state index < -0.39 is 20.5 Å². The van der Waals surface area contributed by atoms with Gasteiger partial charge < -0.3 is 18.6 Å². The maximum atomic E-state index is 13.4. The van der Waals surface area contributed by atoms with E-state index in [0.29, 0.717) is 22.8 Å². The second-order valence-electron chi connectivity index (χ2n) is 7.17. The number of benzene rings is 2. The predicted molar refractivity (Wildman–Crippen MR) is 102 cm³/mol. The van der Waals surface area contributed by atoms with Gasteiger partial charge in [-0.05, 0) is 25.2 Å². The molecule has 5 nitrogen and oxygen atoms in total. The highest BCUT2D eigenvalue weighted by Crippen LogP contribution is 2.43. The molecule has 2 unspecified atom stereocenters. The number of carbonyl (C=O) groups is 1. The van der Waals surface area contributed by atoms with E-state index in [4.69, 9.17) is 18.6 Å². The van der Waals surface area contributed by atoms with Gasteiger partial charge in [0, 0.05) is 12.1 Å². The van der Waals surface area contributed by atoms with E-state index in [0.717, 1.165) is 5.56 Å². The smallest absolute Gasteiger partial charge is 0.202 e. The molecule has 138 valence electrons. The molecular weight excluding hydrogens is 348 g/mol. The standard InChI is InChI=1S/C20H24O5Si/c1-22-14-11-15(23-2)17-16(12-14)24-19(13-9-7-6-8-10-13)20(18(17)21)25-26(3,4)5/h6-12,19-20H,1-5H3. The van der Waals surface area contributed by atoms with Crippen molar-refractivity contribution in [3.8, 4) is 17.2 Å². The minimum Gasteiger partial charge on any atom is -0.496 e. The summed E-state index contributed by atoms with van der Waals surface area (Å²) in [4.78, 5) is 13.4. The molecule has 1 heterocycles. The van der Waals surface area contributed by atoms with Gasteiger partial charge in [0.1, 0.15) is 22.8 Å². The Labute approximate surface area is 155 Å². The Morgan fingerprint density at radius 1 is 1.00 bits per heavy atom. The van der Waals surface area contributed by atoms with Gasteiger partial charge >= 0.3 is 0 Å². The van der Waals surface area contributed by atoms with Gasteiger partial charge in [0.25, 0.3) is 0 Å². The summed E-state index contributed by atoms with van der Waals surface area (Å²) < 4.78 is 23.2. The molecule has 0 saturated carbocycles. The summed E-state index contributed by atoms with van der Waals surface area (Å²) >= 11 is 0. The summed E-state index contributed by atoms with van der Waals surface area (Å²) in [5, 5.41) is 0. The van der Waals surface area contributed by atoms with Crippen LogP contribution in [0.15, 0.2) is 42.5 Å². The average molecular weight is 372 g/mol. The van der Waals surface area contributed by atoms with E-state index in [9.17, 15) is 4.79 Å². The van der Waals surface area contributed by atoms with Crippen LogP contribution in [-0.4, -0.2) is 34.4 Å². The lowest BCUT2D eigenvalue weighted by Gasteiger charge is -2.36. The van der Waals surface area contributed by atoms with Crippen molar-refractivity contribution >= 4 is 14.1 Å². The minimum atomic E-state index is -1.99. The Balaban J connectivity index is 2.13. The third-order valence-corrected chi connectivity index (χ3v) is 5.10. The predicted octanol–water partition coefficient (Wildman–Crippen LogP) is 4.24. The molecule has 0 bridgehead atoms. The van der Waals surface area contributed by atoms with E-state index in [1.165, 1.54) is 7.11 Å². The van der Waals surface area contributed by atoms with Crippen LogP contribution in [-0.2, 0) is 4.43 Å². The fourth-order valence-corrected chi connectivity index (χ4v) is 4.03. The fourth-order valence-electron chi connectivity index (χ4n) is 3.04. The molecule has 0 saturated heterocycles. The molecule has 1 aliphatic rings. The molecule has 0 spiro atoms. The molecule has 0 radical (unpaired) electrons. The van der Waals surface area contributed by atoms with Gasteiger partial charge in [-0.25, -0.2) is 0 Å². The quantitative estimate of drug-likeness (QED) is 0.735. The summed E-state index contributed by atoms with van der Waals surface area (Å²) in [6, 6.07) is 13.1. The van der Waals surface area contributed by atoms with E-state index in [-0.39, 0.29) is 5.78 Å². The Kier molecular flexibility index (Phi) is 5.07. The van der Waals surface area contributed by atoms with Crippen molar-refractivity contribution in [1.29, 1.82) is 0 Å². The lowest BCUT2D eigenvalue weighted by Crippen LogP contribution is -2.44. The van der Waals surface area contributed by atoms with Crippen molar-refractivity contribution in [2.24, 2.45) is 0 Å². The van der Waals surface area contributed by atoms with Crippen LogP contribution in [0.25, 0.3) is 0 Å². The van der Waals surface area contributed by atoms with Gasteiger partial charge in [0.05, 0.1) is 14.2 Å². The molecule has 2 aromatic carbocycles. The van der Waals surface area contributed by atoms with Crippen LogP contribution in [0.3, 0.4) is 0 Å². The molecule has 2 aromatic rings. The number of hydrogen-bond donors (Lipinski definition) is 0. The molecule has 0 aromatic heterocycles. The average Bonchev–Trinajstić information content (AvgIpc) is 2.62. The summed E-state index contributed by atoms with van der Waals surface area (Å²) in [5.74, 6) is 1.34. The lowest BCUT2D eigenvalue weighted by atomic mass is 9.93. The first-order chi connectivity index (χ1) is 12.3. The second-order valence-corrected chi connectivity index (χ2v) is 11.6. The molecule has 1 aliphatic heterocycles. The second kappa shape index (κ2) is 7.13. The summed E-state index contributed by atoms with van der Waals surface area (Å²) in [5.41, 5.74) is 1.31. The van der Waals surface area contributed by atoms with Crippen LogP contribution in [0.4, 0.5) is 0 Å². The lowest BCUT2D eigenvalue weighted by molar-refractivity contribution is 0.0284. The van der Waals surface area contributed by atoms with E-state index in [1.54, 1.807) is 19.2 Å². The number of hydrogen-bond acceptors (Lipinski definition) is 5. The van der Waals surface area contributed by atoms with Gasteiger partial charge in [0.2, 0.25) is 5.78 Å². The third kappa shape index (κ3) is 3.61. The molecule has 6 heteroatoms. The molecule has 2 atom stereocenters. The molecule has 0 fully saturated rings. The monoisotopic (exact) mass is 372 g/mol. The molecule has 26 heavy (non-hydrogen) atoms. The molecule has 0 N–H and O–H groups in total. The van der Waals surface area contributed by atoms with Crippen molar-refractivity contribution in [3.63, 3.8) is 0 Å². The van der Waals surface area contributed by atoms with Gasteiger partial charge in [-0.1, -0.05) is 30.3 Å². The van der Waals surface area contributed by atoms with Crippen LogP contribution < -0.4 is 14.2 Å². The number of fused-ring (bicyclic) bond motifs is 1. The first-order valence-corrected chi connectivity index (χ1v) is 11.9. The van der Waals surface area contributed by atoms with Crippen molar-refractivity contribution in [2.45, 2.75) is 31.8 Å². The molecule has 0 aliphatic carbocycles. The van der Waals surface area contributed by atoms with Crippen LogP contribution >= 0.6 is 0 Å². The normalized spacial score (nSPS) is 19.5. The zero-order chi connectivity index (χ0) is 18.9. The Morgan fingerprint density at radius 3 is 2.27 bits per heavy atom.